The molecule has 4 aromatic carbocycles. The number of nitrogens with one attached hydrogen (secondary N) is 2. The van der Waals surface area contributed by atoms with Crippen LogP contribution in [0.3, 0.4) is 0 Å². The number of hydrogen-bond donors (Lipinski definition) is 5. The number of aliphatic hydroxyl groups excluding tert-OH is 1. The van der Waals surface area contributed by atoms with E-state index < -0.39 is 23.6 Å². The first-order valence-electron chi connectivity index (χ1n) is 14.0. The topological polar surface area (TPSA) is 135 Å². The number of aliphatic hydroxyl groups is 1. The molecule has 0 aliphatic rings. The molecule has 0 fully saturated rings. The van der Waals surface area contributed by atoms with Crippen LogP contribution in [0.5, 0.6) is 5.75 Å². The number of hydrogen-bond acceptors (Lipinski definition) is 5. The van der Waals surface area contributed by atoms with Crippen molar-refractivity contribution in [3.8, 4) is 5.75 Å². The minimum atomic E-state index is -1.31. The Morgan fingerprint density at radius 1 is 0.857 bits per heavy atom. The summed E-state index contributed by atoms with van der Waals surface area (Å²) in [5.74, 6) is 0.516. The van der Waals surface area contributed by atoms with Crippen molar-refractivity contribution in [2.24, 2.45) is 16.5 Å². The van der Waals surface area contributed by atoms with Gasteiger partial charge in [0.25, 0.3) is 5.91 Å². The van der Waals surface area contributed by atoms with Gasteiger partial charge in [-0.25, -0.2) is 0 Å². The fourth-order valence-corrected chi connectivity index (χ4v) is 4.93. The molecule has 7 N–H and O–H groups in total. The molecule has 0 aliphatic carbocycles. The number of aliphatic imine (C=N–C) groups is 1. The Morgan fingerprint density at radius 3 is 1.93 bits per heavy atom. The van der Waals surface area contributed by atoms with Crippen LogP contribution in [0.2, 0.25) is 0 Å². The van der Waals surface area contributed by atoms with Gasteiger partial charge in [-0.05, 0) is 47.2 Å². The molecule has 2 atom stereocenters. The van der Waals surface area contributed by atoms with E-state index in [2.05, 4.69) is 39.9 Å². The van der Waals surface area contributed by atoms with E-state index in [-0.39, 0.29) is 5.96 Å². The van der Waals surface area contributed by atoms with Gasteiger partial charge in [0.05, 0.1) is 7.11 Å². The van der Waals surface area contributed by atoms with Gasteiger partial charge in [-0.2, -0.15) is 0 Å². The Balaban J connectivity index is 1.46. The van der Waals surface area contributed by atoms with E-state index >= 15 is 0 Å². The van der Waals surface area contributed by atoms with E-state index in [1.165, 1.54) is 0 Å². The normalized spacial score (nSPS) is 13.2. The highest BCUT2D eigenvalue weighted by Gasteiger charge is 2.37. The molecular formula is C34H39N5O3. The summed E-state index contributed by atoms with van der Waals surface area (Å²) in [6.07, 6.45) is -0.372. The minimum absolute atomic E-state index is 0.258. The molecule has 0 saturated carbocycles. The van der Waals surface area contributed by atoms with Crippen molar-refractivity contribution in [2.45, 2.75) is 37.1 Å². The molecule has 0 saturated heterocycles. The van der Waals surface area contributed by atoms with E-state index in [4.69, 9.17) is 16.2 Å². The molecule has 0 radical (unpaired) electrons. The molecule has 0 spiro atoms. The lowest BCUT2D eigenvalue weighted by atomic mass is 9.77. The Morgan fingerprint density at radius 2 is 1.38 bits per heavy atom. The highest BCUT2D eigenvalue weighted by molar-refractivity contribution is 5.81. The SMILES string of the molecule is COc1ccc(C(NC(N)=NCCC[C@H](N)C(O)C(=O)NCc2ccccc2)(c2ccccc2)c2ccccc2)cc1. The highest BCUT2D eigenvalue weighted by Crippen LogP contribution is 2.37. The van der Waals surface area contributed by atoms with Crippen LogP contribution < -0.4 is 26.8 Å². The number of nitrogens with zero attached hydrogens (tertiary/aromatic N) is 1. The zero-order chi connectivity index (χ0) is 29.8. The smallest absolute Gasteiger partial charge is 0.250 e. The number of amides is 1. The van der Waals surface area contributed by atoms with E-state index in [1.807, 2.05) is 91.0 Å². The summed E-state index contributed by atoms with van der Waals surface area (Å²) in [7, 11) is 1.64. The van der Waals surface area contributed by atoms with Gasteiger partial charge in [0.2, 0.25) is 0 Å². The monoisotopic (exact) mass is 565 g/mol. The van der Waals surface area contributed by atoms with Crippen LogP contribution in [0.15, 0.2) is 120 Å². The Labute approximate surface area is 247 Å². The summed E-state index contributed by atoms with van der Waals surface area (Å²) in [6, 6.07) is 36.8. The minimum Gasteiger partial charge on any atom is -0.497 e. The molecule has 1 unspecified atom stereocenters. The number of rotatable bonds is 13. The molecule has 0 aromatic heterocycles. The highest BCUT2D eigenvalue weighted by atomic mass is 16.5. The van der Waals surface area contributed by atoms with Crippen LogP contribution in [-0.4, -0.2) is 42.8 Å². The van der Waals surface area contributed by atoms with Crippen molar-refractivity contribution in [1.82, 2.24) is 10.6 Å². The summed E-state index contributed by atoms with van der Waals surface area (Å²) in [4.78, 5) is 17.0. The zero-order valence-electron chi connectivity index (χ0n) is 23.8. The van der Waals surface area contributed by atoms with Crippen molar-refractivity contribution >= 4 is 11.9 Å². The maximum absolute atomic E-state index is 12.4. The van der Waals surface area contributed by atoms with E-state index in [9.17, 15) is 9.90 Å². The van der Waals surface area contributed by atoms with Gasteiger partial charge in [0.15, 0.2) is 5.96 Å². The first kappa shape index (κ1) is 30.3. The molecule has 0 aliphatic heterocycles. The fourth-order valence-electron chi connectivity index (χ4n) is 4.93. The van der Waals surface area contributed by atoms with Crippen LogP contribution in [0.25, 0.3) is 0 Å². The third-order valence-electron chi connectivity index (χ3n) is 7.21. The number of benzene rings is 4. The largest absolute Gasteiger partial charge is 0.497 e. The fraction of sp³-hybridized carbons (Fsp3) is 0.235. The standard InChI is InChI=1S/C34H39N5O3/c1-42-29-21-19-28(20-22-29)34(26-14-7-3-8-15-26,27-16-9-4-10-17-27)39-33(36)37-23-11-18-30(35)31(40)32(41)38-24-25-12-5-2-6-13-25/h2-10,12-17,19-22,30-31,40H,11,18,23-24,35H2,1H3,(H,38,41)(H3,36,37,39)/t30-,31?/m0/s1. The lowest BCUT2D eigenvalue weighted by molar-refractivity contribution is -0.130. The number of carbonyl (C=O) groups excluding carboxylic acids is 1. The van der Waals surface area contributed by atoms with E-state index in [0.29, 0.717) is 25.9 Å². The molecule has 42 heavy (non-hydrogen) atoms. The molecule has 218 valence electrons. The van der Waals surface area contributed by atoms with Gasteiger partial charge < -0.3 is 31.9 Å². The average Bonchev–Trinajstić information content (AvgIpc) is 3.05. The lowest BCUT2D eigenvalue weighted by Crippen LogP contribution is -2.50. The molecular weight excluding hydrogens is 526 g/mol. The van der Waals surface area contributed by atoms with Crippen molar-refractivity contribution in [3.63, 3.8) is 0 Å². The van der Waals surface area contributed by atoms with E-state index in [1.54, 1.807) is 7.11 Å². The maximum atomic E-state index is 12.4. The maximum Gasteiger partial charge on any atom is 0.250 e. The molecule has 0 heterocycles. The average molecular weight is 566 g/mol. The predicted molar refractivity (Wildman–Crippen MR) is 167 cm³/mol. The first-order valence-corrected chi connectivity index (χ1v) is 14.0. The van der Waals surface area contributed by atoms with Crippen LogP contribution in [0.4, 0.5) is 0 Å². The first-order chi connectivity index (χ1) is 20.4. The van der Waals surface area contributed by atoms with Gasteiger partial charge in [-0.3, -0.25) is 9.79 Å². The number of ether oxygens (including phenoxy) is 1. The van der Waals surface area contributed by atoms with Crippen LogP contribution >= 0.6 is 0 Å². The Bertz CT molecular complexity index is 1370. The zero-order valence-corrected chi connectivity index (χ0v) is 23.8. The van der Waals surface area contributed by atoms with Gasteiger partial charge >= 0.3 is 0 Å². The van der Waals surface area contributed by atoms with Crippen molar-refractivity contribution in [1.29, 1.82) is 0 Å². The van der Waals surface area contributed by atoms with Crippen LogP contribution in [0, 0.1) is 0 Å². The van der Waals surface area contributed by atoms with E-state index in [0.717, 1.165) is 28.0 Å². The molecule has 0 bridgehead atoms. The summed E-state index contributed by atoms with van der Waals surface area (Å²) < 4.78 is 5.40. The number of carbonyl (C=O) groups is 1. The molecule has 8 heteroatoms. The van der Waals surface area contributed by atoms with Gasteiger partial charge in [-0.15, -0.1) is 0 Å². The summed E-state index contributed by atoms with van der Waals surface area (Å²) in [6.45, 7) is 0.696. The lowest BCUT2D eigenvalue weighted by Gasteiger charge is -2.37. The second-order valence-electron chi connectivity index (χ2n) is 10.1. The Kier molecular flexibility index (Phi) is 10.7. The molecule has 1 amide bonds. The number of methoxy groups -OCH3 is 1. The predicted octanol–water partition coefficient (Wildman–Crippen LogP) is 3.68. The molecule has 4 rings (SSSR count). The number of guanidine groups is 1. The van der Waals surface area contributed by atoms with Gasteiger partial charge in [0, 0.05) is 19.1 Å². The second-order valence-corrected chi connectivity index (χ2v) is 10.1. The van der Waals surface area contributed by atoms with Crippen molar-refractivity contribution < 1.29 is 14.6 Å². The van der Waals surface area contributed by atoms with Gasteiger partial charge in [0.1, 0.15) is 17.4 Å². The van der Waals surface area contributed by atoms with Crippen molar-refractivity contribution in [3.05, 3.63) is 138 Å². The quantitative estimate of drug-likeness (QED) is 0.0727. The van der Waals surface area contributed by atoms with Crippen molar-refractivity contribution in [2.75, 3.05) is 13.7 Å². The van der Waals surface area contributed by atoms with Crippen LogP contribution in [0.1, 0.15) is 35.1 Å². The summed E-state index contributed by atoms with van der Waals surface area (Å²) >= 11 is 0. The second kappa shape index (κ2) is 14.8. The molecule has 4 aromatic rings. The summed E-state index contributed by atoms with van der Waals surface area (Å²) in [5, 5.41) is 16.7. The third kappa shape index (κ3) is 7.54. The third-order valence-corrected chi connectivity index (χ3v) is 7.21. The van der Waals surface area contributed by atoms with Gasteiger partial charge in [-0.1, -0.05) is 103 Å². The Hall–Kier alpha value is -4.66. The number of nitrogens with two attached hydrogens (primary N) is 2. The molecule has 8 nitrogen and oxygen atoms in total. The van der Waals surface area contributed by atoms with Crippen LogP contribution in [-0.2, 0) is 16.9 Å². The summed E-state index contributed by atoms with van der Waals surface area (Å²) in [5.41, 5.74) is 15.7.